The maximum absolute atomic E-state index is 13.3. The standard InChI is InChI=1S/C18H17F2N5O2/c19-13-6-3-11(7-14(13)20)9-23-18-15(16(21)27)17(24-25-18)22-8-10-1-4-12(26)5-2-10/h1-7,26H,8-9H2,(H2,21,27)(H3,22,23,24,25). The lowest BCUT2D eigenvalue weighted by atomic mass is 10.2. The molecule has 0 aliphatic rings. The first-order valence-corrected chi connectivity index (χ1v) is 8.02. The second-order valence-electron chi connectivity index (χ2n) is 5.81. The average Bonchev–Trinajstić information content (AvgIpc) is 3.05. The molecule has 6 N–H and O–H groups in total. The molecule has 0 unspecified atom stereocenters. The normalized spacial score (nSPS) is 10.6. The molecule has 3 aromatic rings. The number of aromatic nitrogens is 2. The van der Waals surface area contributed by atoms with Crippen LogP contribution in [0.3, 0.4) is 0 Å². The summed E-state index contributed by atoms with van der Waals surface area (Å²) in [5.74, 6) is -1.92. The molecule has 27 heavy (non-hydrogen) atoms. The lowest BCUT2D eigenvalue weighted by Gasteiger charge is -2.08. The fourth-order valence-corrected chi connectivity index (χ4v) is 2.48. The summed E-state index contributed by atoms with van der Waals surface area (Å²) in [7, 11) is 0. The monoisotopic (exact) mass is 373 g/mol. The van der Waals surface area contributed by atoms with E-state index in [1.807, 2.05) is 0 Å². The molecular formula is C18H17F2N5O2. The minimum absolute atomic E-state index is 0.122. The number of phenolic OH excluding ortho intramolecular Hbond substituents is 1. The van der Waals surface area contributed by atoms with Crippen LogP contribution < -0.4 is 16.4 Å². The number of rotatable bonds is 7. The molecule has 0 saturated heterocycles. The van der Waals surface area contributed by atoms with Crippen molar-refractivity contribution in [3.05, 3.63) is 70.8 Å². The van der Waals surface area contributed by atoms with Gasteiger partial charge in [0, 0.05) is 13.1 Å². The lowest BCUT2D eigenvalue weighted by molar-refractivity contribution is 0.100. The number of nitrogens with two attached hydrogens (primary N) is 1. The van der Waals surface area contributed by atoms with Gasteiger partial charge in [0.05, 0.1) is 0 Å². The first-order valence-electron chi connectivity index (χ1n) is 8.02. The number of nitrogens with one attached hydrogen (secondary N) is 3. The number of carbonyl (C=O) groups is 1. The van der Waals surface area contributed by atoms with Crippen molar-refractivity contribution < 1.29 is 18.7 Å². The summed E-state index contributed by atoms with van der Waals surface area (Å²) in [5, 5.41) is 21.9. The fraction of sp³-hybridized carbons (Fsp3) is 0.111. The minimum Gasteiger partial charge on any atom is -0.508 e. The Kier molecular flexibility index (Phi) is 5.20. The van der Waals surface area contributed by atoms with Gasteiger partial charge in [-0.15, -0.1) is 0 Å². The quantitative estimate of drug-likeness (QED) is 0.437. The van der Waals surface area contributed by atoms with Gasteiger partial charge in [-0.2, -0.15) is 5.10 Å². The number of aromatic amines is 1. The van der Waals surface area contributed by atoms with Gasteiger partial charge in [-0.1, -0.05) is 18.2 Å². The van der Waals surface area contributed by atoms with E-state index < -0.39 is 17.5 Å². The van der Waals surface area contributed by atoms with Gasteiger partial charge in [-0.25, -0.2) is 8.78 Å². The Morgan fingerprint density at radius 1 is 1.04 bits per heavy atom. The van der Waals surface area contributed by atoms with Crippen molar-refractivity contribution in [2.24, 2.45) is 5.73 Å². The summed E-state index contributed by atoms with van der Waals surface area (Å²) in [6, 6.07) is 10.1. The molecular weight excluding hydrogens is 356 g/mol. The molecule has 0 aliphatic heterocycles. The van der Waals surface area contributed by atoms with Crippen molar-refractivity contribution in [1.82, 2.24) is 10.2 Å². The van der Waals surface area contributed by atoms with Crippen LogP contribution in [0.15, 0.2) is 42.5 Å². The molecule has 7 nitrogen and oxygen atoms in total. The number of halogens is 2. The predicted octanol–water partition coefficient (Wildman–Crippen LogP) is 2.72. The van der Waals surface area contributed by atoms with Crippen LogP contribution in [0.4, 0.5) is 20.4 Å². The van der Waals surface area contributed by atoms with Crippen LogP contribution in [0.25, 0.3) is 0 Å². The molecule has 1 heterocycles. The Morgan fingerprint density at radius 2 is 1.70 bits per heavy atom. The van der Waals surface area contributed by atoms with Gasteiger partial charge in [0.15, 0.2) is 17.5 Å². The molecule has 0 saturated carbocycles. The molecule has 0 aliphatic carbocycles. The number of hydrogen-bond acceptors (Lipinski definition) is 5. The van der Waals surface area contributed by atoms with Crippen molar-refractivity contribution in [3.8, 4) is 5.75 Å². The Morgan fingerprint density at radius 3 is 2.37 bits per heavy atom. The van der Waals surface area contributed by atoms with E-state index in [0.29, 0.717) is 17.9 Å². The molecule has 0 bridgehead atoms. The molecule has 0 atom stereocenters. The van der Waals surface area contributed by atoms with Gasteiger partial charge in [0.25, 0.3) is 5.91 Å². The molecule has 3 rings (SSSR count). The van der Waals surface area contributed by atoms with Gasteiger partial charge < -0.3 is 21.5 Å². The molecule has 1 aromatic heterocycles. The second-order valence-corrected chi connectivity index (χ2v) is 5.81. The zero-order valence-corrected chi connectivity index (χ0v) is 14.1. The summed E-state index contributed by atoms with van der Waals surface area (Å²) >= 11 is 0. The second kappa shape index (κ2) is 7.73. The summed E-state index contributed by atoms with van der Waals surface area (Å²) in [6.07, 6.45) is 0. The summed E-state index contributed by atoms with van der Waals surface area (Å²) in [5.41, 5.74) is 6.91. The average molecular weight is 373 g/mol. The maximum atomic E-state index is 13.3. The van der Waals surface area contributed by atoms with Crippen LogP contribution in [0.1, 0.15) is 21.5 Å². The van der Waals surface area contributed by atoms with Crippen molar-refractivity contribution >= 4 is 17.5 Å². The molecule has 2 aromatic carbocycles. The van der Waals surface area contributed by atoms with E-state index in [-0.39, 0.29) is 23.7 Å². The SMILES string of the molecule is NC(=O)c1c(NCc2ccc(F)c(F)c2)n[nH]c1NCc1ccc(O)cc1. The van der Waals surface area contributed by atoms with E-state index in [2.05, 4.69) is 20.8 Å². The molecule has 0 fully saturated rings. The highest BCUT2D eigenvalue weighted by atomic mass is 19.2. The highest BCUT2D eigenvalue weighted by Crippen LogP contribution is 2.22. The van der Waals surface area contributed by atoms with E-state index >= 15 is 0 Å². The number of anilines is 2. The van der Waals surface area contributed by atoms with E-state index in [1.165, 1.54) is 6.07 Å². The number of H-pyrrole nitrogens is 1. The maximum Gasteiger partial charge on any atom is 0.256 e. The third-order valence-electron chi connectivity index (χ3n) is 3.86. The number of primary amides is 1. The number of aromatic hydroxyl groups is 1. The van der Waals surface area contributed by atoms with Crippen molar-refractivity contribution in [3.63, 3.8) is 0 Å². The highest BCUT2D eigenvalue weighted by molar-refractivity contribution is 6.02. The van der Waals surface area contributed by atoms with Gasteiger partial charge in [0.2, 0.25) is 0 Å². The first kappa shape index (κ1) is 18.2. The molecule has 9 heteroatoms. The van der Waals surface area contributed by atoms with Crippen molar-refractivity contribution in [2.75, 3.05) is 10.6 Å². The third-order valence-corrected chi connectivity index (χ3v) is 3.86. The van der Waals surface area contributed by atoms with E-state index in [9.17, 15) is 18.7 Å². The van der Waals surface area contributed by atoms with E-state index in [4.69, 9.17) is 5.73 Å². The van der Waals surface area contributed by atoms with Gasteiger partial charge in [-0.05, 0) is 35.4 Å². The van der Waals surface area contributed by atoms with Crippen LogP contribution in [-0.2, 0) is 13.1 Å². The zero-order chi connectivity index (χ0) is 19.4. The van der Waals surface area contributed by atoms with Crippen LogP contribution in [0.5, 0.6) is 5.75 Å². The third kappa shape index (κ3) is 4.32. The molecule has 1 amide bonds. The van der Waals surface area contributed by atoms with E-state index in [1.54, 1.807) is 24.3 Å². The molecule has 140 valence electrons. The summed E-state index contributed by atoms with van der Waals surface area (Å²) in [4.78, 5) is 11.8. The van der Waals surface area contributed by atoms with E-state index in [0.717, 1.165) is 17.7 Å². The van der Waals surface area contributed by atoms with Crippen LogP contribution in [0, 0.1) is 11.6 Å². The van der Waals surface area contributed by atoms with Crippen LogP contribution >= 0.6 is 0 Å². The molecule has 0 radical (unpaired) electrons. The lowest BCUT2D eigenvalue weighted by Crippen LogP contribution is -2.16. The van der Waals surface area contributed by atoms with Gasteiger partial charge in [0.1, 0.15) is 17.1 Å². The number of phenols is 1. The molecule has 0 spiro atoms. The summed E-state index contributed by atoms with van der Waals surface area (Å²) < 4.78 is 26.3. The largest absolute Gasteiger partial charge is 0.508 e. The Labute approximate surface area is 153 Å². The zero-order valence-electron chi connectivity index (χ0n) is 14.1. The van der Waals surface area contributed by atoms with Crippen LogP contribution in [-0.4, -0.2) is 21.2 Å². The number of amides is 1. The number of benzene rings is 2. The van der Waals surface area contributed by atoms with Crippen molar-refractivity contribution in [1.29, 1.82) is 0 Å². The Hall–Kier alpha value is -3.62. The van der Waals surface area contributed by atoms with Gasteiger partial charge in [-0.3, -0.25) is 9.89 Å². The minimum atomic E-state index is -0.956. The Balaban J connectivity index is 1.71. The predicted molar refractivity (Wildman–Crippen MR) is 96.2 cm³/mol. The van der Waals surface area contributed by atoms with Crippen molar-refractivity contribution in [2.45, 2.75) is 13.1 Å². The first-order chi connectivity index (χ1) is 12.9. The summed E-state index contributed by atoms with van der Waals surface area (Å²) in [6.45, 7) is 0.491. The number of carbonyl (C=O) groups excluding carboxylic acids is 1. The smallest absolute Gasteiger partial charge is 0.256 e. The Bertz CT molecular complexity index is 957. The van der Waals surface area contributed by atoms with Gasteiger partial charge >= 0.3 is 0 Å². The fourth-order valence-electron chi connectivity index (χ4n) is 2.48. The number of hydrogen-bond donors (Lipinski definition) is 5. The highest BCUT2D eigenvalue weighted by Gasteiger charge is 2.18. The topological polar surface area (TPSA) is 116 Å². The number of nitrogens with zero attached hydrogens (tertiary/aromatic N) is 1. The van der Waals surface area contributed by atoms with Crippen LogP contribution in [0.2, 0.25) is 0 Å².